The number of carbonyl (C=O) groups is 1. The third-order valence-corrected chi connectivity index (χ3v) is 8.87. The largest absolute Gasteiger partial charge is 0.480 e. The maximum atomic E-state index is 13.1. The van der Waals surface area contributed by atoms with Crippen molar-refractivity contribution < 1.29 is 18.3 Å². The Kier molecular flexibility index (Phi) is 6.17. The zero-order valence-corrected chi connectivity index (χ0v) is 20.0. The lowest BCUT2D eigenvalue weighted by Gasteiger charge is -2.16. The van der Waals surface area contributed by atoms with Gasteiger partial charge in [0.05, 0.1) is 0 Å². The van der Waals surface area contributed by atoms with Gasteiger partial charge in [-0.2, -0.15) is 4.72 Å². The molecule has 1 fully saturated rings. The molecule has 6 nitrogen and oxygen atoms in total. The fourth-order valence-electron chi connectivity index (χ4n) is 3.86. The van der Waals surface area contributed by atoms with Crippen molar-refractivity contribution in [3.63, 3.8) is 0 Å². The van der Waals surface area contributed by atoms with E-state index >= 15 is 0 Å². The molecule has 168 valence electrons. The highest BCUT2D eigenvalue weighted by atomic mass is 35.5. The fourth-order valence-corrected chi connectivity index (χ4v) is 6.70. The molecule has 0 amide bonds. The van der Waals surface area contributed by atoms with Gasteiger partial charge in [-0.3, -0.25) is 4.79 Å². The van der Waals surface area contributed by atoms with E-state index in [1.165, 1.54) is 6.07 Å². The van der Waals surface area contributed by atoms with Crippen LogP contribution in [0, 0.1) is 0 Å². The van der Waals surface area contributed by atoms with E-state index in [4.69, 9.17) is 11.6 Å². The van der Waals surface area contributed by atoms with Crippen LogP contribution in [0.15, 0.2) is 64.9 Å². The van der Waals surface area contributed by atoms with Gasteiger partial charge in [-0.25, -0.2) is 8.42 Å². The minimum Gasteiger partial charge on any atom is -0.480 e. The van der Waals surface area contributed by atoms with Crippen LogP contribution in [0.25, 0.3) is 10.4 Å². The molecule has 0 spiro atoms. The van der Waals surface area contributed by atoms with Gasteiger partial charge in [0.25, 0.3) is 10.0 Å². The molecule has 2 atom stereocenters. The first-order chi connectivity index (χ1) is 15.1. The Morgan fingerprint density at radius 2 is 1.91 bits per heavy atom. The Morgan fingerprint density at radius 3 is 2.56 bits per heavy atom. The molecule has 32 heavy (non-hydrogen) atoms. The maximum absolute atomic E-state index is 13.1. The molecular formula is C23H23ClN2O4S2. The Morgan fingerprint density at radius 1 is 1.19 bits per heavy atom. The molecule has 1 heterocycles. The molecule has 0 aliphatic heterocycles. The van der Waals surface area contributed by atoms with Crippen LogP contribution in [0.5, 0.6) is 0 Å². The van der Waals surface area contributed by atoms with Crippen LogP contribution in [-0.2, 0) is 21.4 Å². The number of hydrogen-bond acceptors (Lipinski definition) is 5. The molecule has 1 aliphatic rings. The lowest BCUT2D eigenvalue weighted by Crippen LogP contribution is -2.44. The van der Waals surface area contributed by atoms with Gasteiger partial charge < -0.3 is 10.0 Å². The lowest BCUT2D eigenvalue weighted by molar-refractivity contribution is -0.140. The van der Waals surface area contributed by atoms with Crippen LogP contribution in [-0.4, -0.2) is 44.0 Å². The number of nitrogens with one attached hydrogen (secondary N) is 1. The quantitative estimate of drug-likeness (QED) is 0.488. The molecule has 0 radical (unpaired) electrons. The SMILES string of the molecule is CN(C)Cc1cccc(C2CC2(NS(=O)(=O)c2ccc(-c3ccc(Cl)cc3)s2)C(=O)O)c1. The third kappa shape index (κ3) is 4.60. The molecule has 3 aromatic rings. The molecule has 2 N–H and O–H groups in total. The number of aliphatic carboxylic acids is 1. The normalized spacial score (nSPS) is 20.4. The summed E-state index contributed by atoms with van der Waals surface area (Å²) in [5, 5.41) is 10.5. The van der Waals surface area contributed by atoms with Crippen LogP contribution < -0.4 is 4.72 Å². The summed E-state index contributed by atoms with van der Waals surface area (Å²) in [6.07, 6.45) is 0.211. The number of sulfonamides is 1. The summed E-state index contributed by atoms with van der Waals surface area (Å²) in [6.45, 7) is 0.717. The number of nitrogens with zero attached hydrogens (tertiary/aromatic N) is 1. The Labute approximate surface area is 196 Å². The number of carboxylic acids is 1. The topological polar surface area (TPSA) is 86.7 Å². The summed E-state index contributed by atoms with van der Waals surface area (Å²) in [7, 11) is -0.0982. The van der Waals surface area contributed by atoms with Crippen LogP contribution in [0.1, 0.15) is 23.5 Å². The number of hydrogen-bond donors (Lipinski definition) is 2. The first kappa shape index (κ1) is 22.9. The van der Waals surface area contributed by atoms with Gasteiger partial charge in [0.1, 0.15) is 9.75 Å². The van der Waals surface area contributed by atoms with Gasteiger partial charge in [-0.1, -0.05) is 48.0 Å². The van der Waals surface area contributed by atoms with Crippen molar-refractivity contribution in [2.24, 2.45) is 0 Å². The molecule has 2 unspecified atom stereocenters. The van der Waals surface area contributed by atoms with Crippen molar-refractivity contribution in [3.8, 4) is 10.4 Å². The van der Waals surface area contributed by atoms with Crippen molar-refractivity contribution in [1.29, 1.82) is 0 Å². The minimum absolute atomic E-state index is 0.0788. The van der Waals surface area contributed by atoms with E-state index in [2.05, 4.69) is 4.72 Å². The molecule has 9 heteroatoms. The Balaban J connectivity index is 1.58. The van der Waals surface area contributed by atoms with Gasteiger partial charge in [0.15, 0.2) is 0 Å². The second-order valence-corrected chi connectivity index (χ2v) is 11.7. The number of halogens is 1. The standard InChI is InChI=1S/C23H23ClN2O4S2/c1-26(2)14-15-4-3-5-17(12-15)19-13-23(19,22(27)28)25-32(29,30)21-11-10-20(31-21)16-6-8-18(24)9-7-16/h3-12,19,25H,13-14H2,1-2H3,(H,27,28). The smallest absolute Gasteiger partial charge is 0.325 e. The van der Waals surface area contributed by atoms with E-state index in [0.29, 0.717) is 5.02 Å². The summed E-state index contributed by atoms with van der Waals surface area (Å²) in [4.78, 5) is 14.9. The predicted octanol–water partition coefficient (Wildman–Crippen LogP) is 4.42. The van der Waals surface area contributed by atoms with Gasteiger partial charge >= 0.3 is 5.97 Å². The zero-order chi connectivity index (χ0) is 23.1. The lowest BCUT2D eigenvalue weighted by atomic mass is 10.0. The van der Waals surface area contributed by atoms with Crippen LogP contribution in [0.2, 0.25) is 5.02 Å². The van der Waals surface area contributed by atoms with Crippen LogP contribution >= 0.6 is 22.9 Å². The van der Waals surface area contributed by atoms with Crippen LogP contribution in [0.3, 0.4) is 0 Å². The summed E-state index contributed by atoms with van der Waals surface area (Å²) < 4.78 is 28.7. The van der Waals surface area contributed by atoms with Crippen molar-refractivity contribution in [2.75, 3.05) is 14.1 Å². The summed E-state index contributed by atoms with van der Waals surface area (Å²) in [5.41, 5.74) is 1.17. The molecule has 4 rings (SSSR count). The molecule has 2 aromatic carbocycles. The number of rotatable bonds is 8. The summed E-state index contributed by atoms with van der Waals surface area (Å²) >= 11 is 7.02. The van der Waals surface area contributed by atoms with Crippen molar-refractivity contribution in [3.05, 3.63) is 76.8 Å². The monoisotopic (exact) mass is 490 g/mol. The fraction of sp³-hybridized carbons (Fsp3) is 0.261. The first-order valence-electron chi connectivity index (χ1n) is 9.97. The minimum atomic E-state index is -4.01. The van der Waals surface area contributed by atoms with E-state index in [1.807, 2.05) is 55.4 Å². The molecule has 0 saturated heterocycles. The molecule has 1 aromatic heterocycles. The highest BCUT2D eigenvalue weighted by molar-refractivity contribution is 7.91. The predicted molar refractivity (Wildman–Crippen MR) is 127 cm³/mol. The summed E-state index contributed by atoms with van der Waals surface area (Å²) in [5.74, 6) is -1.59. The Hall–Kier alpha value is -2.23. The number of carboxylic acid groups (broad SMARTS) is 1. The zero-order valence-electron chi connectivity index (χ0n) is 17.6. The third-order valence-electron chi connectivity index (χ3n) is 5.49. The van der Waals surface area contributed by atoms with Gasteiger partial charge in [0, 0.05) is 22.4 Å². The van der Waals surface area contributed by atoms with Gasteiger partial charge in [-0.15, -0.1) is 11.3 Å². The second-order valence-electron chi connectivity index (χ2n) is 8.25. The molecule has 1 aliphatic carbocycles. The second kappa shape index (κ2) is 8.61. The van der Waals surface area contributed by atoms with Gasteiger partial charge in [-0.05, 0) is 61.5 Å². The first-order valence-corrected chi connectivity index (χ1v) is 12.7. The van der Waals surface area contributed by atoms with E-state index in [-0.39, 0.29) is 10.6 Å². The Bertz CT molecular complexity index is 1260. The average Bonchev–Trinajstić information content (AvgIpc) is 3.22. The number of thiophene rings is 1. The molecule has 1 saturated carbocycles. The van der Waals surface area contributed by atoms with Gasteiger partial charge in [0.2, 0.25) is 0 Å². The van der Waals surface area contributed by atoms with E-state index in [9.17, 15) is 18.3 Å². The molecular weight excluding hydrogens is 468 g/mol. The molecule has 0 bridgehead atoms. The van der Waals surface area contributed by atoms with Crippen LogP contribution in [0.4, 0.5) is 0 Å². The highest BCUT2D eigenvalue weighted by Crippen LogP contribution is 2.52. The van der Waals surface area contributed by atoms with E-state index in [1.54, 1.807) is 18.2 Å². The number of benzene rings is 2. The van der Waals surface area contributed by atoms with E-state index < -0.39 is 27.4 Å². The highest BCUT2D eigenvalue weighted by Gasteiger charge is 2.63. The average molecular weight is 491 g/mol. The van der Waals surface area contributed by atoms with Crippen molar-refractivity contribution in [2.45, 2.75) is 28.6 Å². The maximum Gasteiger partial charge on any atom is 0.325 e. The summed E-state index contributed by atoms with van der Waals surface area (Å²) in [6, 6.07) is 18.0. The van der Waals surface area contributed by atoms with E-state index in [0.717, 1.165) is 39.4 Å². The van der Waals surface area contributed by atoms with Crippen molar-refractivity contribution >= 4 is 38.9 Å². The van der Waals surface area contributed by atoms with Crippen molar-refractivity contribution in [1.82, 2.24) is 9.62 Å².